The predicted octanol–water partition coefficient (Wildman–Crippen LogP) is 3.42. The molecule has 0 aromatic heterocycles. The summed E-state index contributed by atoms with van der Waals surface area (Å²) in [6, 6.07) is 1.73. The molecule has 3 atom stereocenters. The van der Waals surface area contributed by atoms with Gasteiger partial charge in [0.2, 0.25) is 0 Å². The lowest BCUT2D eigenvalue weighted by atomic mass is 9.77. The number of nitrogens with zero attached hydrogens (tertiary/aromatic N) is 1. The summed E-state index contributed by atoms with van der Waals surface area (Å²) in [6.07, 6.45) is 11.6. The van der Waals surface area contributed by atoms with E-state index in [1.807, 2.05) is 0 Å². The van der Waals surface area contributed by atoms with E-state index in [9.17, 15) is 0 Å². The smallest absolute Gasteiger partial charge is 0.0126 e. The third-order valence-corrected chi connectivity index (χ3v) is 5.08. The molecule has 1 heterocycles. The number of piperidine rings is 1. The summed E-state index contributed by atoms with van der Waals surface area (Å²) >= 11 is 0. The Balaban J connectivity index is 1.78. The average Bonchev–Trinajstić information content (AvgIpc) is 2.43. The zero-order chi connectivity index (χ0) is 12.8. The minimum Gasteiger partial charge on any atom is -0.317 e. The van der Waals surface area contributed by atoms with Crippen molar-refractivity contribution in [2.24, 2.45) is 5.92 Å². The number of hydrogen-bond acceptors (Lipinski definition) is 2. The van der Waals surface area contributed by atoms with Gasteiger partial charge in [0.25, 0.3) is 0 Å². The molecule has 2 rings (SSSR count). The van der Waals surface area contributed by atoms with E-state index in [0.717, 1.165) is 24.5 Å². The highest BCUT2D eigenvalue weighted by Crippen LogP contribution is 2.36. The zero-order valence-electron chi connectivity index (χ0n) is 12.5. The van der Waals surface area contributed by atoms with Crippen molar-refractivity contribution in [2.75, 3.05) is 19.6 Å². The number of fused-ring (bicyclic) bond motifs is 1. The van der Waals surface area contributed by atoms with Gasteiger partial charge in [-0.3, -0.25) is 4.90 Å². The second-order valence-electron chi connectivity index (χ2n) is 6.34. The maximum Gasteiger partial charge on any atom is 0.0126 e. The van der Waals surface area contributed by atoms with Crippen LogP contribution < -0.4 is 5.32 Å². The lowest BCUT2D eigenvalue weighted by molar-refractivity contribution is 0.0282. The monoisotopic (exact) mass is 252 g/mol. The van der Waals surface area contributed by atoms with E-state index < -0.39 is 0 Å². The van der Waals surface area contributed by atoms with E-state index in [0.29, 0.717) is 0 Å². The van der Waals surface area contributed by atoms with Crippen LogP contribution in [0.3, 0.4) is 0 Å². The lowest BCUT2D eigenvalue weighted by Gasteiger charge is -2.47. The second kappa shape index (κ2) is 7.49. The van der Waals surface area contributed by atoms with Gasteiger partial charge >= 0.3 is 0 Å². The van der Waals surface area contributed by atoms with Gasteiger partial charge < -0.3 is 5.32 Å². The van der Waals surface area contributed by atoms with E-state index >= 15 is 0 Å². The molecule has 0 spiro atoms. The molecule has 2 fully saturated rings. The summed E-state index contributed by atoms with van der Waals surface area (Å²) in [5.41, 5.74) is 0. The van der Waals surface area contributed by atoms with Crippen molar-refractivity contribution in [2.45, 2.75) is 77.3 Å². The van der Waals surface area contributed by atoms with E-state index in [2.05, 4.69) is 24.1 Å². The van der Waals surface area contributed by atoms with Gasteiger partial charge in [0.15, 0.2) is 0 Å². The van der Waals surface area contributed by atoms with Crippen LogP contribution in [0, 0.1) is 5.92 Å². The van der Waals surface area contributed by atoms with Crippen LogP contribution in [0.15, 0.2) is 0 Å². The molecule has 1 aliphatic heterocycles. The lowest BCUT2D eigenvalue weighted by Crippen LogP contribution is -2.50. The Morgan fingerprint density at radius 2 is 1.94 bits per heavy atom. The minimum absolute atomic E-state index is 0.801. The number of rotatable bonds is 6. The quantitative estimate of drug-likeness (QED) is 0.729. The molecule has 1 unspecified atom stereocenters. The van der Waals surface area contributed by atoms with Crippen LogP contribution in [-0.2, 0) is 0 Å². The van der Waals surface area contributed by atoms with Crippen LogP contribution in [0.2, 0.25) is 0 Å². The summed E-state index contributed by atoms with van der Waals surface area (Å²) in [6.45, 7) is 8.33. The molecule has 1 N–H and O–H groups in total. The van der Waals surface area contributed by atoms with Crippen molar-refractivity contribution in [1.29, 1.82) is 0 Å². The van der Waals surface area contributed by atoms with Gasteiger partial charge in [-0.2, -0.15) is 0 Å². The topological polar surface area (TPSA) is 15.3 Å². The minimum atomic E-state index is 0.801. The third-order valence-electron chi connectivity index (χ3n) is 5.08. The maximum absolute atomic E-state index is 3.44. The largest absolute Gasteiger partial charge is 0.317 e. The first kappa shape index (κ1) is 14.3. The summed E-state index contributed by atoms with van der Waals surface area (Å²) < 4.78 is 0. The van der Waals surface area contributed by atoms with Crippen LogP contribution >= 0.6 is 0 Å². The maximum atomic E-state index is 3.44. The Labute approximate surface area is 114 Å². The Morgan fingerprint density at radius 3 is 2.78 bits per heavy atom. The molecule has 0 radical (unpaired) electrons. The molecule has 0 aromatic rings. The van der Waals surface area contributed by atoms with Crippen molar-refractivity contribution in [3.8, 4) is 0 Å². The Kier molecular flexibility index (Phi) is 5.97. The average molecular weight is 252 g/mol. The molecule has 18 heavy (non-hydrogen) atoms. The zero-order valence-corrected chi connectivity index (χ0v) is 12.5. The van der Waals surface area contributed by atoms with Crippen molar-refractivity contribution < 1.29 is 0 Å². The van der Waals surface area contributed by atoms with Crippen molar-refractivity contribution in [1.82, 2.24) is 10.2 Å². The molecular weight excluding hydrogens is 220 g/mol. The molecular formula is C16H32N2. The standard InChI is InChI=1S/C16H32N2/c1-3-17-12-6-8-14(2)18-13-7-10-15-9-4-5-11-16(15)18/h14-17H,3-13H2,1-2H3/t14?,15-,16-/m1/s1. The first-order chi connectivity index (χ1) is 8.83. The summed E-state index contributed by atoms with van der Waals surface area (Å²) in [5, 5.41) is 3.44. The molecule has 2 nitrogen and oxygen atoms in total. The van der Waals surface area contributed by atoms with E-state index in [-0.39, 0.29) is 0 Å². The van der Waals surface area contributed by atoms with Crippen molar-refractivity contribution in [3.05, 3.63) is 0 Å². The SMILES string of the molecule is CCNCCCC(C)N1CCC[C@H]2CCCC[C@H]21. The number of hydrogen-bond donors (Lipinski definition) is 1. The first-order valence-corrected chi connectivity index (χ1v) is 8.29. The van der Waals surface area contributed by atoms with E-state index in [1.54, 1.807) is 0 Å². The summed E-state index contributed by atoms with van der Waals surface area (Å²) in [5.74, 6) is 1.03. The molecule has 2 heteroatoms. The fourth-order valence-electron chi connectivity index (χ4n) is 4.08. The van der Waals surface area contributed by atoms with Gasteiger partial charge in [-0.1, -0.05) is 19.8 Å². The normalized spacial score (nSPS) is 31.0. The summed E-state index contributed by atoms with van der Waals surface area (Å²) in [4.78, 5) is 2.86. The molecule has 0 bridgehead atoms. The highest BCUT2D eigenvalue weighted by atomic mass is 15.2. The first-order valence-electron chi connectivity index (χ1n) is 8.29. The van der Waals surface area contributed by atoms with Gasteiger partial charge in [-0.05, 0) is 71.0 Å². The Hall–Kier alpha value is -0.0800. The molecule has 106 valence electrons. The highest BCUT2D eigenvalue weighted by Gasteiger charge is 2.34. The van der Waals surface area contributed by atoms with Crippen molar-refractivity contribution >= 4 is 0 Å². The molecule has 1 saturated heterocycles. The van der Waals surface area contributed by atoms with Crippen LogP contribution in [0.5, 0.6) is 0 Å². The number of likely N-dealkylation sites (tertiary alicyclic amines) is 1. The molecule has 0 amide bonds. The fourth-order valence-corrected chi connectivity index (χ4v) is 4.08. The van der Waals surface area contributed by atoms with Crippen molar-refractivity contribution in [3.63, 3.8) is 0 Å². The van der Waals surface area contributed by atoms with Crippen LogP contribution in [-0.4, -0.2) is 36.6 Å². The molecule has 1 aliphatic carbocycles. The second-order valence-corrected chi connectivity index (χ2v) is 6.34. The van der Waals surface area contributed by atoms with Gasteiger partial charge in [0.05, 0.1) is 0 Å². The van der Waals surface area contributed by atoms with Gasteiger partial charge in [-0.25, -0.2) is 0 Å². The highest BCUT2D eigenvalue weighted by molar-refractivity contribution is 4.89. The number of nitrogens with one attached hydrogen (secondary N) is 1. The predicted molar refractivity (Wildman–Crippen MR) is 78.9 cm³/mol. The third kappa shape index (κ3) is 3.71. The van der Waals surface area contributed by atoms with Crippen LogP contribution in [0.1, 0.15) is 65.2 Å². The molecule has 2 aliphatic rings. The van der Waals surface area contributed by atoms with E-state index in [4.69, 9.17) is 0 Å². The van der Waals surface area contributed by atoms with Gasteiger partial charge in [0, 0.05) is 12.1 Å². The Bertz CT molecular complexity index is 227. The Morgan fingerprint density at radius 1 is 1.17 bits per heavy atom. The van der Waals surface area contributed by atoms with E-state index in [1.165, 1.54) is 64.5 Å². The van der Waals surface area contributed by atoms with Crippen LogP contribution in [0.4, 0.5) is 0 Å². The molecule has 0 aromatic carbocycles. The fraction of sp³-hybridized carbons (Fsp3) is 1.00. The van der Waals surface area contributed by atoms with Crippen LogP contribution in [0.25, 0.3) is 0 Å². The van der Waals surface area contributed by atoms with Gasteiger partial charge in [0.1, 0.15) is 0 Å². The molecule has 1 saturated carbocycles. The van der Waals surface area contributed by atoms with Gasteiger partial charge in [-0.15, -0.1) is 0 Å². The summed E-state index contributed by atoms with van der Waals surface area (Å²) in [7, 11) is 0.